The second-order valence-corrected chi connectivity index (χ2v) is 3.69. The molecule has 0 aromatic heterocycles. The summed E-state index contributed by atoms with van der Waals surface area (Å²) >= 11 is 0. The topological polar surface area (TPSA) is 43.4 Å². The Kier molecular flexibility index (Phi) is 5.33. The zero-order valence-corrected chi connectivity index (χ0v) is 9.74. The fraction of sp³-hybridized carbons (Fsp3) is 0.385. The van der Waals surface area contributed by atoms with Gasteiger partial charge in [-0.2, -0.15) is 0 Å². The molecule has 0 spiro atoms. The van der Waals surface area contributed by atoms with Crippen molar-refractivity contribution in [2.24, 2.45) is 0 Å². The van der Waals surface area contributed by atoms with Crippen LogP contribution in [0.3, 0.4) is 0 Å². The van der Waals surface area contributed by atoms with Crippen molar-refractivity contribution in [2.75, 3.05) is 6.61 Å². The molecule has 0 saturated carbocycles. The van der Waals surface area contributed by atoms with Gasteiger partial charge >= 0.3 is 5.97 Å². The van der Waals surface area contributed by atoms with Crippen LogP contribution in [0.2, 0.25) is 0 Å². The maximum atomic E-state index is 12.6. The van der Waals surface area contributed by atoms with Crippen LogP contribution in [0, 0.1) is 5.82 Å². The van der Waals surface area contributed by atoms with Gasteiger partial charge in [-0.1, -0.05) is 19.1 Å². The number of ketones is 1. The molecule has 1 aromatic carbocycles. The van der Waals surface area contributed by atoms with Gasteiger partial charge in [0, 0.05) is 6.42 Å². The average molecular weight is 238 g/mol. The van der Waals surface area contributed by atoms with Crippen LogP contribution in [-0.4, -0.2) is 18.4 Å². The van der Waals surface area contributed by atoms with Crippen LogP contribution >= 0.6 is 0 Å². The normalized spacial score (nSPS) is 10.0. The van der Waals surface area contributed by atoms with Crippen LogP contribution in [0.4, 0.5) is 4.39 Å². The molecule has 0 bridgehead atoms. The predicted molar refractivity (Wildman–Crippen MR) is 61.0 cm³/mol. The van der Waals surface area contributed by atoms with Gasteiger partial charge in [-0.15, -0.1) is 0 Å². The smallest absolute Gasteiger partial charge is 0.374 e. The summed E-state index contributed by atoms with van der Waals surface area (Å²) in [5.74, 6) is -1.64. The summed E-state index contributed by atoms with van der Waals surface area (Å²) in [6.45, 7) is 2.12. The highest BCUT2D eigenvalue weighted by atomic mass is 19.1. The first-order chi connectivity index (χ1) is 8.13. The number of carbonyl (C=O) groups is 2. The van der Waals surface area contributed by atoms with Crippen LogP contribution < -0.4 is 0 Å². The highest BCUT2D eigenvalue weighted by molar-refractivity contribution is 6.33. The predicted octanol–water partition coefficient (Wildman–Crippen LogP) is 2.28. The van der Waals surface area contributed by atoms with Gasteiger partial charge in [0.1, 0.15) is 5.82 Å². The maximum Gasteiger partial charge on any atom is 0.374 e. The number of benzene rings is 1. The fourth-order valence-electron chi connectivity index (χ4n) is 1.29. The van der Waals surface area contributed by atoms with Crippen molar-refractivity contribution in [3.63, 3.8) is 0 Å². The van der Waals surface area contributed by atoms with E-state index in [2.05, 4.69) is 0 Å². The Balaban J connectivity index is 2.37. The van der Waals surface area contributed by atoms with Gasteiger partial charge in [0.15, 0.2) is 0 Å². The highest BCUT2D eigenvalue weighted by Crippen LogP contribution is 2.06. The minimum Gasteiger partial charge on any atom is -0.460 e. The van der Waals surface area contributed by atoms with Crippen LogP contribution in [0.5, 0.6) is 0 Å². The maximum absolute atomic E-state index is 12.6. The molecule has 17 heavy (non-hydrogen) atoms. The monoisotopic (exact) mass is 238 g/mol. The van der Waals surface area contributed by atoms with Crippen molar-refractivity contribution in [1.29, 1.82) is 0 Å². The lowest BCUT2D eigenvalue weighted by atomic mass is 10.1. The zero-order chi connectivity index (χ0) is 12.7. The van der Waals surface area contributed by atoms with E-state index in [0.717, 1.165) is 5.56 Å². The minimum absolute atomic E-state index is 0.0914. The number of rotatable bonds is 6. The molecule has 0 atom stereocenters. The number of esters is 1. The molecular weight excluding hydrogens is 223 g/mol. The summed E-state index contributed by atoms with van der Waals surface area (Å²) in [5, 5.41) is 0. The quantitative estimate of drug-likeness (QED) is 0.564. The molecule has 0 aliphatic rings. The molecule has 0 aliphatic heterocycles. The molecule has 0 amide bonds. The van der Waals surface area contributed by atoms with Crippen molar-refractivity contribution in [3.05, 3.63) is 35.6 Å². The standard InChI is InChI=1S/C13H15FO3/c1-2-9-17-13(16)12(15)8-5-10-3-6-11(14)7-4-10/h3-4,6-7H,2,5,8-9H2,1H3. The summed E-state index contributed by atoms with van der Waals surface area (Å²) in [7, 11) is 0. The van der Waals surface area contributed by atoms with Crippen LogP contribution in [0.25, 0.3) is 0 Å². The van der Waals surface area contributed by atoms with Crippen LogP contribution in [0.15, 0.2) is 24.3 Å². The Bertz CT molecular complexity index is 384. The summed E-state index contributed by atoms with van der Waals surface area (Å²) in [4.78, 5) is 22.5. The lowest BCUT2D eigenvalue weighted by molar-refractivity contribution is -0.153. The van der Waals surface area contributed by atoms with Gasteiger partial charge in [-0.3, -0.25) is 4.79 Å². The fourth-order valence-corrected chi connectivity index (χ4v) is 1.29. The van der Waals surface area contributed by atoms with Gasteiger partial charge in [0.2, 0.25) is 5.78 Å². The number of halogens is 1. The van der Waals surface area contributed by atoms with Gasteiger partial charge in [-0.25, -0.2) is 9.18 Å². The Morgan fingerprint density at radius 3 is 2.47 bits per heavy atom. The van der Waals surface area contributed by atoms with E-state index >= 15 is 0 Å². The number of hydrogen-bond acceptors (Lipinski definition) is 3. The van der Waals surface area contributed by atoms with E-state index in [1.54, 1.807) is 12.1 Å². The van der Waals surface area contributed by atoms with Gasteiger partial charge in [0.05, 0.1) is 6.61 Å². The first kappa shape index (κ1) is 13.4. The third kappa shape index (κ3) is 4.76. The largest absolute Gasteiger partial charge is 0.460 e. The molecule has 3 nitrogen and oxygen atoms in total. The first-order valence-electron chi connectivity index (χ1n) is 5.58. The third-order valence-corrected chi connectivity index (χ3v) is 2.22. The second kappa shape index (κ2) is 6.78. The molecular formula is C13H15FO3. The highest BCUT2D eigenvalue weighted by Gasteiger charge is 2.14. The molecule has 1 aromatic rings. The summed E-state index contributed by atoms with van der Waals surface area (Å²) in [6.07, 6.45) is 1.20. The van der Waals surface area contributed by atoms with Gasteiger partial charge < -0.3 is 4.74 Å². The van der Waals surface area contributed by atoms with E-state index in [0.29, 0.717) is 12.8 Å². The first-order valence-corrected chi connectivity index (χ1v) is 5.58. The van der Waals surface area contributed by atoms with Crippen LogP contribution in [0.1, 0.15) is 25.3 Å². The summed E-state index contributed by atoms with van der Waals surface area (Å²) in [5.41, 5.74) is 0.822. The van der Waals surface area contributed by atoms with Crippen molar-refractivity contribution >= 4 is 11.8 Å². The van der Waals surface area contributed by atoms with E-state index in [1.807, 2.05) is 6.92 Å². The lowest BCUT2D eigenvalue weighted by Gasteiger charge is -2.02. The number of Topliss-reactive ketones (excluding diaryl/α,β-unsaturated/α-hetero) is 1. The Labute approximate surface area is 99.6 Å². The Hall–Kier alpha value is -1.71. The molecule has 92 valence electrons. The van der Waals surface area contributed by atoms with Crippen molar-refractivity contribution in [2.45, 2.75) is 26.2 Å². The molecule has 1 rings (SSSR count). The SMILES string of the molecule is CCCOC(=O)C(=O)CCc1ccc(F)cc1. The van der Waals surface area contributed by atoms with Crippen LogP contribution in [-0.2, 0) is 20.7 Å². The van der Waals surface area contributed by atoms with E-state index in [-0.39, 0.29) is 18.8 Å². The Morgan fingerprint density at radius 1 is 1.24 bits per heavy atom. The van der Waals surface area contributed by atoms with E-state index in [9.17, 15) is 14.0 Å². The Morgan fingerprint density at radius 2 is 1.88 bits per heavy atom. The minimum atomic E-state index is -0.783. The van der Waals surface area contributed by atoms with E-state index in [1.165, 1.54) is 12.1 Å². The zero-order valence-electron chi connectivity index (χ0n) is 9.74. The lowest BCUT2D eigenvalue weighted by Crippen LogP contribution is -2.18. The van der Waals surface area contributed by atoms with Crippen molar-refractivity contribution in [3.8, 4) is 0 Å². The molecule has 4 heteroatoms. The molecule has 0 aliphatic carbocycles. The van der Waals surface area contributed by atoms with Crippen molar-refractivity contribution < 1.29 is 18.7 Å². The number of hydrogen-bond donors (Lipinski definition) is 0. The molecule has 0 N–H and O–H groups in total. The summed E-state index contributed by atoms with van der Waals surface area (Å²) in [6, 6.07) is 5.85. The van der Waals surface area contributed by atoms with E-state index in [4.69, 9.17) is 4.74 Å². The number of ether oxygens (including phenoxy) is 1. The third-order valence-electron chi connectivity index (χ3n) is 2.22. The number of carbonyl (C=O) groups excluding carboxylic acids is 2. The van der Waals surface area contributed by atoms with E-state index < -0.39 is 11.8 Å². The molecule has 0 heterocycles. The molecule has 0 unspecified atom stereocenters. The molecule has 0 radical (unpaired) electrons. The van der Waals surface area contributed by atoms with Gasteiger partial charge in [-0.05, 0) is 30.5 Å². The second-order valence-electron chi connectivity index (χ2n) is 3.69. The molecule has 0 fully saturated rings. The molecule has 0 saturated heterocycles. The van der Waals surface area contributed by atoms with Crippen molar-refractivity contribution in [1.82, 2.24) is 0 Å². The summed E-state index contributed by atoms with van der Waals surface area (Å²) < 4.78 is 17.3. The van der Waals surface area contributed by atoms with Gasteiger partial charge in [0.25, 0.3) is 0 Å². The average Bonchev–Trinajstić information content (AvgIpc) is 2.34. The number of aryl methyl sites for hydroxylation is 1.